The van der Waals surface area contributed by atoms with Crippen molar-refractivity contribution < 1.29 is 18.0 Å². The highest BCUT2D eigenvalue weighted by atomic mass is 35.5. The number of halogens is 4. The normalized spacial score (nSPS) is 15.3. The fourth-order valence-corrected chi connectivity index (χ4v) is 3.34. The van der Waals surface area contributed by atoms with Gasteiger partial charge in [-0.05, 0) is 30.9 Å². The SMILES string of the molecule is O=C(NCC(F)(F)F)C(Nc1cncc(-c2c[nH]c3ncc(Cl)cc23)c1)C1CC1. The van der Waals surface area contributed by atoms with Gasteiger partial charge in [0.15, 0.2) is 0 Å². The van der Waals surface area contributed by atoms with Crippen LogP contribution < -0.4 is 10.6 Å². The van der Waals surface area contributed by atoms with Crippen LogP contribution in [0.25, 0.3) is 22.2 Å². The fourth-order valence-electron chi connectivity index (χ4n) is 3.19. The number of pyridine rings is 2. The molecule has 1 amide bonds. The lowest BCUT2D eigenvalue weighted by atomic mass is 10.1. The van der Waals surface area contributed by atoms with Gasteiger partial charge in [0.05, 0.1) is 10.7 Å². The molecule has 0 radical (unpaired) electrons. The summed E-state index contributed by atoms with van der Waals surface area (Å²) >= 11 is 6.04. The molecule has 29 heavy (non-hydrogen) atoms. The van der Waals surface area contributed by atoms with E-state index in [0.29, 0.717) is 16.4 Å². The highest BCUT2D eigenvalue weighted by molar-refractivity contribution is 6.31. The highest BCUT2D eigenvalue weighted by Gasteiger charge is 2.38. The molecule has 1 fully saturated rings. The molecule has 3 N–H and O–H groups in total. The number of carbonyl (C=O) groups is 1. The van der Waals surface area contributed by atoms with Gasteiger partial charge < -0.3 is 15.6 Å². The van der Waals surface area contributed by atoms with E-state index in [1.54, 1.807) is 30.7 Å². The number of H-pyrrole nitrogens is 1. The van der Waals surface area contributed by atoms with Crippen LogP contribution in [0.4, 0.5) is 18.9 Å². The maximum atomic E-state index is 12.4. The minimum Gasteiger partial charge on any atom is -0.372 e. The van der Waals surface area contributed by atoms with E-state index in [2.05, 4.69) is 20.3 Å². The Morgan fingerprint density at radius 2 is 2.07 bits per heavy atom. The molecule has 0 bridgehead atoms. The van der Waals surface area contributed by atoms with E-state index in [1.807, 2.05) is 5.32 Å². The standard InChI is InChI=1S/C19H17ClF3N5O/c20-12-4-14-15(8-26-17(14)25-6-12)11-3-13(7-24-5-11)28-16(10-1-2-10)18(29)27-9-19(21,22)23/h3-8,10,16,28H,1-2,9H2,(H,25,26)(H,27,29). The van der Waals surface area contributed by atoms with E-state index in [0.717, 1.165) is 29.4 Å². The van der Waals surface area contributed by atoms with Crippen molar-refractivity contribution in [3.63, 3.8) is 0 Å². The van der Waals surface area contributed by atoms with Crippen LogP contribution in [0.1, 0.15) is 12.8 Å². The van der Waals surface area contributed by atoms with E-state index in [1.165, 1.54) is 6.20 Å². The lowest BCUT2D eigenvalue weighted by molar-refractivity contribution is -0.139. The fraction of sp³-hybridized carbons (Fsp3) is 0.316. The van der Waals surface area contributed by atoms with E-state index < -0.39 is 24.7 Å². The Morgan fingerprint density at radius 3 is 2.79 bits per heavy atom. The number of carbonyl (C=O) groups excluding carboxylic acids is 1. The number of fused-ring (bicyclic) bond motifs is 1. The summed E-state index contributed by atoms with van der Waals surface area (Å²) in [7, 11) is 0. The topological polar surface area (TPSA) is 82.7 Å². The van der Waals surface area contributed by atoms with Gasteiger partial charge in [-0.2, -0.15) is 13.2 Å². The second-order valence-corrected chi connectivity index (χ2v) is 7.44. The summed E-state index contributed by atoms with van der Waals surface area (Å²) in [5.74, 6) is -0.665. The molecule has 1 aliphatic carbocycles. The Balaban J connectivity index is 1.56. The Bertz CT molecular complexity index is 1050. The number of nitrogens with zero attached hydrogens (tertiary/aromatic N) is 2. The van der Waals surface area contributed by atoms with E-state index in [4.69, 9.17) is 11.6 Å². The Kier molecular flexibility index (Phi) is 5.08. The number of aromatic amines is 1. The van der Waals surface area contributed by atoms with Crippen LogP contribution in [-0.4, -0.2) is 39.6 Å². The number of anilines is 1. The first kappa shape index (κ1) is 19.5. The van der Waals surface area contributed by atoms with Gasteiger partial charge >= 0.3 is 6.18 Å². The first-order valence-corrected chi connectivity index (χ1v) is 9.37. The minimum absolute atomic E-state index is 0.00276. The van der Waals surface area contributed by atoms with Crippen molar-refractivity contribution in [2.75, 3.05) is 11.9 Å². The third-order valence-electron chi connectivity index (χ3n) is 4.71. The van der Waals surface area contributed by atoms with Gasteiger partial charge in [-0.1, -0.05) is 11.6 Å². The molecule has 6 nitrogen and oxygen atoms in total. The summed E-state index contributed by atoms with van der Waals surface area (Å²) in [6, 6.07) is 2.84. The summed E-state index contributed by atoms with van der Waals surface area (Å²) in [6.45, 7) is -1.35. The molecular weight excluding hydrogens is 407 g/mol. The Labute approximate surface area is 168 Å². The van der Waals surface area contributed by atoms with Gasteiger partial charge in [0.1, 0.15) is 18.2 Å². The minimum atomic E-state index is -4.45. The van der Waals surface area contributed by atoms with Gasteiger partial charge in [0, 0.05) is 41.3 Å². The van der Waals surface area contributed by atoms with Crippen LogP contribution >= 0.6 is 11.6 Å². The number of aromatic nitrogens is 3. The van der Waals surface area contributed by atoms with Gasteiger partial charge in [-0.25, -0.2) is 4.98 Å². The Hall–Kier alpha value is -2.81. The molecule has 3 aromatic heterocycles. The van der Waals surface area contributed by atoms with E-state index >= 15 is 0 Å². The molecule has 0 aliphatic heterocycles. The molecule has 4 rings (SSSR count). The maximum Gasteiger partial charge on any atom is 0.405 e. The zero-order valence-corrected chi connectivity index (χ0v) is 15.8. The van der Waals surface area contributed by atoms with Crippen molar-refractivity contribution in [2.24, 2.45) is 5.92 Å². The van der Waals surface area contributed by atoms with Crippen LogP contribution in [0.3, 0.4) is 0 Å². The van der Waals surface area contributed by atoms with Gasteiger partial charge in [0.25, 0.3) is 0 Å². The number of rotatable bonds is 6. The average Bonchev–Trinajstić information content (AvgIpc) is 3.43. The molecule has 1 atom stereocenters. The van der Waals surface area contributed by atoms with Crippen LogP contribution in [0.2, 0.25) is 5.02 Å². The average molecular weight is 424 g/mol. The molecule has 0 aromatic carbocycles. The number of amides is 1. The quantitative estimate of drug-likeness (QED) is 0.556. The van der Waals surface area contributed by atoms with Crippen molar-refractivity contribution in [3.05, 3.63) is 41.9 Å². The maximum absolute atomic E-state index is 12.4. The summed E-state index contributed by atoms with van der Waals surface area (Å²) in [4.78, 5) is 23.8. The summed E-state index contributed by atoms with van der Waals surface area (Å²) in [6.07, 6.45) is 3.65. The molecule has 1 unspecified atom stereocenters. The van der Waals surface area contributed by atoms with Crippen molar-refractivity contribution in [3.8, 4) is 11.1 Å². The van der Waals surface area contributed by atoms with Crippen LogP contribution in [-0.2, 0) is 4.79 Å². The first-order chi connectivity index (χ1) is 13.8. The van der Waals surface area contributed by atoms with Gasteiger partial charge in [-0.15, -0.1) is 0 Å². The second kappa shape index (κ2) is 7.55. The van der Waals surface area contributed by atoms with Crippen molar-refractivity contribution in [2.45, 2.75) is 25.1 Å². The molecule has 0 spiro atoms. The van der Waals surface area contributed by atoms with E-state index in [9.17, 15) is 18.0 Å². The summed E-state index contributed by atoms with van der Waals surface area (Å²) in [5.41, 5.74) is 2.81. The monoisotopic (exact) mass is 423 g/mol. The van der Waals surface area contributed by atoms with Crippen molar-refractivity contribution >= 4 is 34.2 Å². The smallest absolute Gasteiger partial charge is 0.372 e. The first-order valence-electron chi connectivity index (χ1n) is 8.99. The molecule has 152 valence electrons. The molecule has 10 heteroatoms. The molecule has 1 aliphatic rings. The molecule has 1 saturated carbocycles. The highest BCUT2D eigenvalue weighted by Crippen LogP contribution is 2.35. The molecular formula is C19H17ClF3N5O. The zero-order valence-electron chi connectivity index (χ0n) is 15.1. The molecule has 3 aromatic rings. The second-order valence-electron chi connectivity index (χ2n) is 7.01. The number of alkyl halides is 3. The van der Waals surface area contributed by atoms with Crippen LogP contribution in [0, 0.1) is 5.92 Å². The van der Waals surface area contributed by atoms with Crippen molar-refractivity contribution in [1.82, 2.24) is 20.3 Å². The Morgan fingerprint density at radius 1 is 1.28 bits per heavy atom. The summed E-state index contributed by atoms with van der Waals surface area (Å²) in [5, 5.41) is 6.32. The van der Waals surface area contributed by atoms with Gasteiger partial charge in [-0.3, -0.25) is 9.78 Å². The lowest BCUT2D eigenvalue weighted by Crippen LogP contribution is -2.44. The third-order valence-corrected chi connectivity index (χ3v) is 4.91. The summed E-state index contributed by atoms with van der Waals surface area (Å²) < 4.78 is 37.3. The number of hydrogen-bond acceptors (Lipinski definition) is 4. The predicted octanol–water partition coefficient (Wildman–Crippen LogP) is 4.15. The van der Waals surface area contributed by atoms with Gasteiger partial charge in [0.2, 0.25) is 5.91 Å². The number of nitrogens with one attached hydrogen (secondary N) is 3. The van der Waals surface area contributed by atoms with Crippen LogP contribution in [0.15, 0.2) is 36.9 Å². The van der Waals surface area contributed by atoms with Crippen molar-refractivity contribution in [1.29, 1.82) is 0 Å². The molecule has 3 heterocycles. The largest absolute Gasteiger partial charge is 0.405 e. The zero-order chi connectivity index (χ0) is 20.6. The number of hydrogen-bond donors (Lipinski definition) is 3. The third kappa shape index (κ3) is 4.61. The lowest BCUT2D eigenvalue weighted by Gasteiger charge is -2.20. The van der Waals surface area contributed by atoms with Crippen LogP contribution in [0.5, 0.6) is 0 Å². The molecule has 0 saturated heterocycles. The predicted molar refractivity (Wildman–Crippen MR) is 104 cm³/mol. The van der Waals surface area contributed by atoms with E-state index in [-0.39, 0.29) is 5.92 Å².